The number of carbonyl (C=O) groups excluding carboxylic acids is 2. The lowest BCUT2D eigenvalue weighted by molar-refractivity contribution is -0.130. The van der Waals surface area contributed by atoms with Gasteiger partial charge in [0.25, 0.3) is 11.8 Å². The molecule has 0 radical (unpaired) electrons. The molecular formula is C20H22N4O5. The minimum Gasteiger partial charge on any atom is -0.496 e. The van der Waals surface area contributed by atoms with Crippen molar-refractivity contribution in [3.05, 3.63) is 59.7 Å². The number of nitrogens with zero attached hydrogens (tertiary/aromatic N) is 2. The van der Waals surface area contributed by atoms with Gasteiger partial charge in [-0.05, 0) is 24.3 Å². The molecule has 0 atom stereocenters. The normalized spacial score (nSPS) is 10.8. The fourth-order valence-electron chi connectivity index (χ4n) is 2.19. The Balaban J connectivity index is 1.68. The Morgan fingerprint density at radius 3 is 1.62 bits per heavy atom. The van der Waals surface area contributed by atoms with Gasteiger partial charge in [0.2, 0.25) is 0 Å². The van der Waals surface area contributed by atoms with Gasteiger partial charge in [-0.3, -0.25) is 9.59 Å². The molecule has 0 spiro atoms. The van der Waals surface area contributed by atoms with Crippen molar-refractivity contribution in [3.63, 3.8) is 0 Å². The minimum absolute atomic E-state index is 0.326. The Morgan fingerprint density at radius 2 is 1.21 bits per heavy atom. The lowest BCUT2D eigenvalue weighted by Gasteiger charge is -2.04. The number of nitrogens with one attached hydrogen (secondary N) is 2. The quantitative estimate of drug-likeness (QED) is 0.463. The van der Waals surface area contributed by atoms with Crippen LogP contribution in [0, 0.1) is 0 Å². The van der Waals surface area contributed by atoms with Gasteiger partial charge in [-0.15, -0.1) is 0 Å². The summed E-state index contributed by atoms with van der Waals surface area (Å²) in [6.45, 7) is -0.653. The molecule has 0 heterocycles. The Morgan fingerprint density at radius 1 is 0.793 bits per heavy atom. The van der Waals surface area contributed by atoms with Crippen LogP contribution in [-0.4, -0.2) is 51.7 Å². The second kappa shape index (κ2) is 11.9. The SMILES string of the molecule is COc1ccccc1/C=N\NC(=O)COCC(=O)N/N=C/c1ccccc1OC. The predicted octanol–water partition coefficient (Wildman–Crippen LogP) is 1.32. The zero-order valence-corrected chi connectivity index (χ0v) is 16.1. The van der Waals surface area contributed by atoms with Crippen molar-refractivity contribution in [1.82, 2.24) is 10.9 Å². The van der Waals surface area contributed by atoms with E-state index in [2.05, 4.69) is 21.1 Å². The minimum atomic E-state index is -0.499. The third kappa shape index (κ3) is 7.43. The molecule has 2 N–H and O–H groups in total. The molecule has 0 unspecified atom stereocenters. The Bertz CT molecular complexity index is 811. The average Bonchev–Trinajstić information content (AvgIpc) is 2.74. The largest absolute Gasteiger partial charge is 0.496 e. The molecule has 152 valence electrons. The van der Waals surface area contributed by atoms with E-state index in [1.54, 1.807) is 38.5 Å². The molecule has 9 nitrogen and oxygen atoms in total. The van der Waals surface area contributed by atoms with Crippen LogP contribution in [-0.2, 0) is 14.3 Å². The van der Waals surface area contributed by atoms with Crippen LogP contribution in [0.3, 0.4) is 0 Å². The second-order valence-corrected chi connectivity index (χ2v) is 5.56. The van der Waals surface area contributed by atoms with E-state index in [-0.39, 0.29) is 13.2 Å². The number of methoxy groups -OCH3 is 2. The van der Waals surface area contributed by atoms with E-state index < -0.39 is 11.8 Å². The molecule has 0 fully saturated rings. The van der Waals surface area contributed by atoms with Gasteiger partial charge in [-0.25, -0.2) is 10.9 Å². The first kappa shape index (κ1) is 21.6. The first-order valence-corrected chi connectivity index (χ1v) is 8.61. The Hall–Kier alpha value is -3.72. The number of benzene rings is 2. The molecule has 2 aromatic rings. The van der Waals surface area contributed by atoms with E-state index in [0.29, 0.717) is 22.6 Å². The van der Waals surface area contributed by atoms with E-state index in [0.717, 1.165) is 0 Å². The van der Waals surface area contributed by atoms with Crippen molar-refractivity contribution < 1.29 is 23.8 Å². The number of carbonyl (C=O) groups is 2. The van der Waals surface area contributed by atoms with Crippen LogP contribution in [0.4, 0.5) is 0 Å². The molecule has 0 aliphatic rings. The summed E-state index contributed by atoms with van der Waals surface area (Å²) in [5.74, 6) is 0.266. The predicted molar refractivity (Wildman–Crippen MR) is 108 cm³/mol. The topological polar surface area (TPSA) is 111 Å². The highest BCUT2D eigenvalue weighted by atomic mass is 16.5. The van der Waals surface area contributed by atoms with Crippen molar-refractivity contribution in [2.75, 3.05) is 27.4 Å². The molecule has 2 aromatic carbocycles. The summed E-state index contributed by atoms with van der Waals surface area (Å²) >= 11 is 0. The number of para-hydroxylation sites is 2. The van der Waals surface area contributed by atoms with E-state index in [9.17, 15) is 9.59 Å². The molecule has 0 aliphatic carbocycles. The number of amides is 2. The van der Waals surface area contributed by atoms with Crippen LogP contribution in [0.2, 0.25) is 0 Å². The van der Waals surface area contributed by atoms with E-state index >= 15 is 0 Å². The van der Waals surface area contributed by atoms with Crippen LogP contribution >= 0.6 is 0 Å². The molecule has 2 rings (SSSR count). The Kier molecular flexibility index (Phi) is 8.84. The standard InChI is InChI=1S/C20H22N4O5/c1-27-17-9-5-3-7-15(17)11-21-23-19(25)13-29-14-20(26)24-22-12-16-8-4-6-10-18(16)28-2/h3-12H,13-14H2,1-2H3,(H,23,25)(H,24,26)/b21-11-,22-12+. The fraction of sp³-hybridized carbons (Fsp3) is 0.200. The first-order chi connectivity index (χ1) is 14.1. The molecule has 0 saturated heterocycles. The van der Waals surface area contributed by atoms with E-state index in [1.165, 1.54) is 12.4 Å². The molecule has 0 saturated carbocycles. The van der Waals surface area contributed by atoms with Crippen molar-refractivity contribution in [2.45, 2.75) is 0 Å². The summed E-state index contributed by atoms with van der Waals surface area (Å²) in [5.41, 5.74) is 6.04. The highest BCUT2D eigenvalue weighted by Gasteiger charge is 2.05. The maximum atomic E-state index is 11.7. The second-order valence-electron chi connectivity index (χ2n) is 5.56. The van der Waals surface area contributed by atoms with E-state index in [4.69, 9.17) is 14.2 Å². The van der Waals surface area contributed by atoms with Crippen LogP contribution in [0.15, 0.2) is 58.7 Å². The number of rotatable bonds is 10. The number of hydrazone groups is 2. The molecule has 0 aromatic heterocycles. The zero-order valence-electron chi connectivity index (χ0n) is 16.1. The third-order valence-corrected chi connectivity index (χ3v) is 3.53. The third-order valence-electron chi connectivity index (χ3n) is 3.53. The van der Waals surface area contributed by atoms with Gasteiger partial charge < -0.3 is 14.2 Å². The van der Waals surface area contributed by atoms with Gasteiger partial charge in [-0.2, -0.15) is 10.2 Å². The fourth-order valence-corrected chi connectivity index (χ4v) is 2.19. The van der Waals surface area contributed by atoms with E-state index in [1.807, 2.05) is 24.3 Å². The van der Waals surface area contributed by atoms with Crippen LogP contribution < -0.4 is 20.3 Å². The summed E-state index contributed by atoms with van der Waals surface area (Å²) in [6, 6.07) is 14.4. The van der Waals surface area contributed by atoms with Crippen LogP contribution in [0.1, 0.15) is 11.1 Å². The Labute approximate surface area is 168 Å². The van der Waals surface area contributed by atoms with Gasteiger partial charge in [0.05, 0.1) is 26.6 Å². The zero-order chi connectivity index (χ0) is 20.9. The lowest BCUT2D eigenvalue weighted by Crippen LogP contribution is -2.28. The molecule has 0 bridgehead atoms. The highest BCUT2D eigenvalue weighted by Crippen LogP contribution is 2.15. The number of ether oxygens (including phenoxy) is 3. The van der Waals surface area contributed by atoms with Gasteiger partial charge in [0, 0.05) is 11.1 Å². The van der Waals surface area contributed by atoms with Gasteiger partial charge >= 0.3 is 0 Å². The summed E-state index contributed by atoms with van der Waals surface area (Å²) < 4.78 is 15.4. The van der Waals surface area contributed by atoms with Gasteiger partial charge in [0.1, 0.15) is 24.7 Å². The molecular weight excluding hydrogens is 376 g/mol. The number of hydrogen-bond donors (Lipinski definition) is 2. The van der Waals surface area contributed by atoms with Gasteiger partial charge in [-0.1, -0.05) is 24.3 Å². The van der Waals surface area contributed by atoms with Crippen LogP contribution in [0.25, 0.3) is 0 Å². The number of hydrogen-bond acceptors (Lipinski definition) is 7. The summed E-state index contributed by atoms with van der Waals surface area (Å²) in [6.07, 6.45) is 2.91. The average molecular weight is 398 g/mol. The molecule has 9 heteroatoms. The van der Waals surface area contributed by atoms with Crippen LogP contribution in [0.5, 0.6) is 11.5 Å². The van der Waals surface area contributed by atoms with Crippen molar-refractivity contribution in [2.24, 2.45) is 10.2 Å². The smallest absolute Gasteiger partial charge is 0.266 e. The molecule has 0 aliphatic heterocycles. The summed E-state index contributed by atoms with van der Waals surface area (Å²) in [7, 11) is 3.09. The highest BCUT2D eigenvalue weighted by molar-refractivity contribution is 5.86. The summed E-state index contributed by atoms with van der Waals surface area (Å²) in [4.78, 5) is 23.4. The molecule has 2 amide bonds. The van der Waals surface area contributed by atoms with Crippen molar-refractivity contribution in [1.29, 1.82) is 0 Å². The molecule has 29 heavy (non-hydrogen) atoms. The maximum absolute atomic E-state index is 11.7. The first-order valence-electron chi connectivity index (χ1n) is 8.61. The van der Waals surface area contributed by atoms with Crippen molar-refractivity contribution >= 4 is 24.2 Å². The monoisotopic (exact) mass is 398 g/mol. The summed E-state index contributed by atoms with van der Waals surface area (Å²) in [5, 5.41) is 7.65. The lowest BCUT2D eigenvalue weighted by atomic mass is 10.2. The van der Waals surface area contributed by atoms with Gasteiger partial charge in [0.15, 0.2) is 0 Å². The maximum Gasteiger partial charge on any atom is 0.266 e. The van der Waals surface area contributed by atoms with Crippen molar-refractivity contribution in [3.8, 4) is 11.5 Å².